The minimum Gasteiger partial charge on any atom is -0.324 e. The molecule has 9 nitrogen and oxygen atoms in total. The second kappa shape index (κ2) is 8.18. The van der Waals surface area contributed by atoms with Crippen LogP contribution in [0.5, 0.6) is 0 Å². The van der Waals surface area contributed by atoms with Crippen LogP contribution >= 0.6 is 11.8 Å². The first-order valence-corrected chi connectivity index (χ1v) is 11.4. The molecule has 1 aliphatic rings. The van der Waals surface area contributed by atoms with Gasteiger partial charge in [-0.25, -0.2) is 13.1 Å². The fourth-order valence-electron chi connectivity index (χ4n) is 3.25. The van der Waals surface area contributed by atoms with E-state index in [1.807, 2.05) is 20.8 Å². The van der Waals surface area contributed by atoms with Crippen LogP contribution in [-0.4, -0.2) is 68.7 Å². The number of nitrogens with zero attached hydrogens (tertiary/aromatic N) is 6. The zero-order valence-corrected chi connectivity index (χ0v) is 17.9. The second-order valence-corrected chi connectivity index (χ2v) is 9.88. The minimum absolute atomic E-state index is 0.0480. The van der Waals surface area contributed by atoms with E-state index in [1.54, 1.807) is 36.2 Å². The predicted molar refractivity (Wildman–Crippen MR) is 105 cm³/mol. The van der Waals surface area contributed by atoms with Crippen molar-refractivity contribution in [1.82, 2.24) is 29.4 Å². The molecule has 0 saturated carbocycles. The normalized spacial score (nSPS) is 18.2. The number of thioether (sulfide) groups is 1. The van der Waals surface area contributed by atoms with Crippen LogP contribution in [0.1, 0.15) is 19.4 Å². The van der Waals surface area contributed by atoms with Gasteiger partial charge in [-0.15, -0.1) is 5.10 Å². The van der Waals surface area contributed by atoms with Crippen molar-refractivity contribution in [2.45, 2.75) is 37.0 Å². The molecule has 0 radical (unpaired) electrons. The van der Waals surface area contributed by atoms with Crippen molar-refractivity contribution in [3.8, 4) is 0 Å². The van der Waals surface area contributed by atoms with Crippen LogP contribution in [0.4, 0.5) is 0 Å². The summed E-state index contributed by atoms with van der Waals surface area (Å²) in [6.45, 7) is 6.40. The first-order chi connectivity index (χ1) is 13.2. The van der Waals surface area contributed by atoms with Gasteiger partial charge in [0.25, 0.3) is 0 Å². The van der Waals surface area contributed by atoms with E-state index in [4.69, 9.17) is 0 Å². The molecule has 1 unspecified atom stereocenters. The smallest absolute Gasteiger partial charge is 0.244 e. The molecule has 28 heavy (non-hydrogen) atoms. The molecular weight excluding hydrogens is 400 g/mol. The van der Waals surface area contributed by atoms with Gasteiger partial charge in [0.05, 0.1) is 10.6 Å². The molecule has 0 aliphatic carbocycles. The number of amides is 1. The third kappa shape index (κ3) is 4.06. The number of rotatable bonds is 6. The van der Waals surface area contributed by atoms with Gasteiger partial charge in [0.2, 0.25) is 21.1 Å². The monoisotopic (exact) mass is 424 g/mol. The maximum atomic E-state index is 13.2. The van der Waals surface area contributed by atoms with Gasteiger partial charge in [-0.2, -0.15) is 4.31 Å². The molecule has 0 bridgehead atoms. The molecule has 2 heterocycles. The Bertz CT molecular complexity index is 942. The van der Waals surface area contributed by atoms with Crippen molar-refractivity contribution in [3.63, 3.8) is 0 Å². The van der Waals surface area contributed by atoms with E-state index in [-0.39, 0.29) is 29.0 Å². The Morgan fingerprint density at radius 3 is 2.50 bits per heavy atom. The van der Waals surface area contributed by atoms with Crippen molar-refractivity contribution < 1.29 is 13.2 Å². The number of hydrogen-bond donors (Lipinski definition) is 0. The highest BCUT2D eigenvalue weighted by molar-refractivity contribution is 7.99. The Morgan fingerprint density at radius 1 is 1.25 bits per heavy atom. The minimum atomic E-state index is -3.68. The molecule has 152 valence electrons. The summed E-state index contributed by atoms with van der Waals surface area (Å²) >= 11 is 1.24. The molecule has 11 heteroatoms. The Morgan fingerprint density at radius 2 is 1.93 bits per heavy atom. The van der Waals surface area contributed by atoms with E-state index < -0.39 is 16.2 Å². The molecule has 0 N–H and O–H groups in total. The highest BCUT2D eigenvalue weighted by atomic mass is 32.2. The summed E-state index contributed by atoms with van der Waals surface area (Å²) in [6, 6.07) is 6.79. The summed E-state index contributed by atoms with van der Waals surface area (Å²) in [5.74, 6) is -0.0305. The topological polar surface area (TPSA) is 101 Å². The molecule has 1 saturated heterocycles. The van der Waals surface area contributed by atoms with Gasteiger partial charge in [0.1, 0.15) is 6.17 Å². The standard InChI is InChI=1S/C17H24N6O3S2/c1-12(2)16-22(15(24)11-27-17-18-19-20-21(17)4)9-10-23(16)28(25,26)14-7-5-13(3)6-8-14/h5-8,12,16H,9-11H2,1-4H3. The third-order valence-electron chi connectivity index (χ3n) is 4.63. The van der Waals surface area contributed by atoms with Gasteiger partial charge in [-0.1, -0.05) is 43.3 Å². The lowest BCUT2D eigenvalue weighted by atomic mass is 10.1. The van der Waals surface area contributed by atoms with E-state index in [0.29, 0.717) is 11.7 Å². The molecule has 1 aromatic heterocycles. The van der Waals surface area contributed by atoms with Gasteiger partial charge in [-0.05, 0) is 35.4 Å². The number of benzene rings is 1. The van der Waals surface area contributed by atoms with Gasteiger partial charge >= 0.3 is 0 Å². The summed E-state index contributed by atoms with van der Waals surface area (Å²) in [5.41, 5.74) is 0.993. The summed E-state index contributed by atoms with van der Waals surface area (Å²) < 4.78 is 29.3. The lowest BCUT2D eigenvalue weighted by Crippen LogP contribution is -2.48. The van der Waals surface area contributed by atoms with Gasteiger partial charge in [-0.3, -0.25) is 4.79 Å². The van der Waals surface area contributed by atoms with Crippen LogP contribution in [0.25, 0.3) is 0 Å². The predicted octanol–water partition coefficient (Wildman–Crippen LogP) is 1.13. The molecule has 1 fully saturated rings. The Hall–Kier alpha value is -1.98. The highest BCUT2D eigenvalue weighted by Gasteiger charge is 2.43. The van der Waals surface area contributed by atoms with Crippen molar-refractivity contribution in [2.75, 3.05) is 18.8 Å². The SMILES string of the molecule is Cc1ccc(S(=O)(=O)N2CCN(C(=O)CSc3nnnn3C)C2C(C)C)cc1. The molecule has 2 aromatic rings. The number of aromatic nitrogens is 4. The van der Waals surface area contributed by atoms with Crippen molar-refractivity contribution >= 4 is 27.7 Å². The summed E-state index contributed by atoms with van der Waals surface area (Å²) in [5, 5.41) is 11.7. The average Bonchev–Trinajstić information content (AvgIpc) is 3.27. The molecule has 0 spiro atoms. The van der Waals surface area contributed by atoms with Gasteiger partial charge < -0.3 is 4.90 Å². The van der Waals surface area contributed by atoms with Crippen LogP contribution in [0.2, 0.25) is 0 Å². The zero-order chi connectivity index (χ0) is 20.5. The molecule has 3 rings (SSSR count). The number of hydrogen-bond acceptors (Lipinski definition) is 7. The van der Waals surface area contributed by atoms with E-state index >= 15 is 0 Å². The van der Waals surface area contributed by atoms with Gasteiger partial charge in [0, 0.05) is 20.1 Å². The maximum absolute atomic E-state index is 13.2. The van der Waals surface area contributed by atoms with E-state index in [1.165, 1.54) is 20.7 Å². The van der Waals surface area contributed by atoms with E-state index in [9.17, 15) is 13.2 Å². The van der Waals surface area contributed by atoms with Crippen molar-refractivity contribution in [3.05, 3.63) is 29.8 Å². The average molecular weight is 425 g/mol. The summed E-state index contributed by atoms with van der Waals surface area (Å²) in [4.78, 5) is 14.7. The lowest BCUT2D eigenvalue weighted by Gasteiger charge is -2.32. The van der Waals surface area contributed by atoms with Crippen LogP contribution in [-0.2, 0) is 21.9 Å². The molecule has 1 amide bonds. The van der Waals surface area contributed by atoms with Gasteiger partial charge in [0.15, 0.2) is 0 Å². The first kappa shape index (κ1) is 20.7. The number of aryl methyl sites for hydroxylation is 2. The second-order valence-electron chi connectivity index (χ2n) is 7.05. The fourth-order valence-corrected chi connectivity index (χ4v) is 5.70. The molecular formula is C17H24N6O3S2. The van der Waals surface area contributed by atoms with E-state index in [2.05, 4.69) is 15.5 Å². The number of tetrazole rings is 1. The first-order valence-electron chi connectivity index (χ1n) is 8.95. The molecule has 1 atom stereocenters. The Balaban J connectivity index is 1.78. The third-order valence-corrected chi connectivity index (χ3v) is 7.51. The van der Waals surface area contributed by atoms with Crippen LogP contribution < -0.4 is 0 Å². The lowest BCUT2D eigenvalue weighted by molar-refractivity contribution is -0.130. The Kier molecular flexibility index (Phi) is 6.06. The van der Waals surface area contributed by atoms with Crippen molar-refractivity contribution in [2.24, 2.45) is 13.0 Å². The van der Waals surface area contributed by atoms with Crippen LogP contribution in [0.3, 0.4) is 0 Å². The van der Waals surface area contributed by atoms with Crippen LogP contribution in [0, 0.1) is 12.8 Å². The Labute approximate surface area is 169 Å². The zero-order valence-electron chi connectivity index (χ0n) is 16.3. The number of carbonyl (C=O) groups is 1. The van der Waals surface area contributed by atoms with E-state index in [0.717, 1.165) is 5.56 Å². The van der Waals surface area contributed by atoms with Crippen LogP contribution in [0.15, 0.2) is 34.3 Å². The molecule has 1 aliphatic heterocycles. The van der Waals surface area contributed by atoms with Crippen molar-refractivity contribution in [1.29, 1.82) is 0 Å². The maximum Gasteiger partial charge on any atom is 0.244 e. The largest absolute Gasteiger partial charge is 0.324 e. The summed E-state index contributed by atoms with van der Waals surface area (Å²) in [7, 11) is -1.98. The number of carbonyl (C=O) groups excluding carboxylic acids is 1. The number of sulfonamides is 1. The summed E-state index contributed by atoms with van der Waals surface area (Å²) in [6.07, 6.45) is -0.517. The highest BCUT2D eigenvalue weighted by Crippen LogP contribution is 2.29. The quantitative estimate of drug-likeness (QED) is 0.641. The molecule has 1 aromatic carbocycles. The fraction of sp³-hybridized carbons (Fsp3) is 0.529.